The highest BCUT2D eigenvalue weighted by Crippen LogP contribution is 2.15. The second-order valence-electron chi connectivity index (χ2n) is 5.22. The number of carboxylic acids is 1. The molecule has 7 heteroatoms. The van der Waals surface area contributed by atoms with Crippen molar-refractivity contribution >= 4 is 16.0 Å². The van der Waals surface area contributed by atoms with Crippen LogP contribution in [0, 0.1) is 13.8 Å². The number of hydrogen-bond donors (Lipinski definition) is 3. The molecule has 0 aromatic heterocycles. The molecule has 1 aromatic rings. The summed E-state index contributed by atoms with van der Waals surface area (Å²) in [5.74, 6) is -1.19. The highest BCUT2D eigenvalue weighted by molar-refractivity contribution is 7.89. The van der Waals surface area contributed by atoms with Gasteiger partial charge in [-0.2, -0.15) is 0 Å². The quantitative estimate of drug-likeness (QED) is 0.721. The molecule has 0 aliphatic rings. The number of aliphatic hydroxyl groups is 1. The monoisotopic (exact) mass is 301 g/mol. The number of carbonyl (C=O) groups is 1. The zero-order chi connectivity index (χ0) is 15.6. The Balaban J connectivity index is 2.88. The van der Waals surface area contributed by atoms with Gasteiger partial charge in [0.2, 0.25) is 10.0 Å². The van der Waals surface area contributed by atoms with Crippen LogP contribution in [0.15, 0.2) is 23.1 Å². The van der Waals surface area contributed by atoms with Gasteiger partial charge in [-0.1, -0.05) is 6.07 Å². The number of sulfonamides is 1. The van der Waals surface area contributed by atoms with Gasteiger partial charge >= 0.3 is 5.97 Å². The van der Waals surface area contributed by atoms with Crippen LogP contribution < -0.4 is 4.72 Å². The Kier molecular flexibility index (Phi) is 4.90. The summed E-state index contributed by atoms with van der Waals surface area (Å²) in [5.41, 5.74) is -0.0250. The third-order valence-corrected chi connectivity index (χ3v) is 4.06. The Bertz CT molecular complexity index is 587. The van der Waals surface area contributed by atoms with E-state index in [1.54, 1.807) is 13.8 Å². The number of benzene rings is 1. The molecule has 0 fully saturated rings. The topological polar surface area (TPSA) is 104 Å². The minimum absolute atomic E-state index is 0.0983. The Labute approximate surface area is 118 Å². The summed E-state index contributed by atoms with van der Waals surface area (Å²) in [7, 11) is -3.78. The molecule has 1 rings (SSSR count). The molecule has 0 bridgehead atoms. The Morgan fingerprint density at radius 2 is 1.75 bits per heavy atom. The molecular weight excluding hydrogens is 282 g/mol. The standard InChI is InChI=1S/C13H19NO5S/c1-9-4-10(2)6-11(5-9)20(18,19)14-8-13(3,17)7-12(15)16/h4-6,14,17H,7-8H2,1-3H3,(H,15,16). The number of aliphatic carboxylic acids is 1. The summed E-state index contributed by atoms with van der Waals surface area (Å²) < 4.78 is 26.4. The fourth-order valence-electron chi connectivity index (χ4n) is 1.81. The van der Waals surface area contributed by atoms with Gasteiger partial charge in [0, 0.05) is 6.54 Å². The fourth-order valence-corrected chi connectivity index (χ4v) is 3.16. The largest absolute Gasteiger partial charge is 0.481 e. The number of carboxylic acid groups (broad SMARTS) is 1. The van der Waals surface area contributed by atoms with E-state index in [0.717, 1.165) is 11.1 Å². The zero-order valence-electron chi connectivity index (χ0n) is 11.7. The first-order chi connectivity index (χ1) is 9.02. The minimum Gasteiger partial charge on any atom is -0.481 e. The van der Waals surface area contributed by atoms with Crippen LogP contribution in [0.2, 0.25) is 0 Å². The van der Waals surface area contributed by atoms with Crippen LogP contribution in [0.5, 0.6) is 0 Å². The lowest BCUT2D eigenvalue weighted by molar-refractivity contribution is -0.141. The molecule has 20 heavy (non-hydrogen) atoms. The van der Waals surface area contributed by atoms with E-state index in [1.807, 2.05) is 6.07 Å². The lowest BCUT2D eigenvalue weighted by Gasteiger charge is -2.21. The summed E-state index contributed by atoms with van der Waals surface area (Å²) in [5, 5.41) is 18.4. The van der Waals surface area contributed by atoms with Crippen molar-refractivity contribution in [1.82, 2.24) is 4.72 Å². The van der Waals surface area contributed by atoms with Gasteiger partial charge in [0.25, 0.3) is 0 Å². The second kappa shape index (κ2) is 5.90. The number of rotatable bonds is 6. The van der Waals surface area contributed by atoms with Crippen molar-refractivity contribution in [2.75, 3.05) is 6.54 Å². The van der Waals surface area contributed by atoms with Crippen molar-refractivity contribution in [3.63, 3.8) is 0 Å². The number of nitrogens with one attached hydrogen (secondary N) is 1. The summed E-state index contributed by atoms with van der Waals surface area (Å²) in [4.78, 5) is 10.7. The molecule has 1 aromatic carbocycles. The van der Waals surface area contributed by atoms with Gasteiger partial charge in [-0.25, -0.2) is 13.1 Å². The maximum absolute atomic E-state index is 12.1. The smallest absolute Gasteiger partial charge is 0.306 e. The maximum atomic E-state index is 12.1. The van der Waals surface area contributed by atoms with Gasteiger partial charge in [0.1, 0.15) is 0 Å². The SMILES string of the molecule is Cc1cc(C)cc(S(=O)(=O)NCC(C)(O)CC(=O)O)c1. The maximum Gasteiger partial charge on any atom is 0.306 e. The van der Waals surface area contributed by atoms with E-state index < -0.39 is 28.0 Å². The van der Waals surface area contributed by atoms with Crippen molar-refractivity contribution < 1.29 is 23.4 Å². The highest BCUT2D eigenvalue weighted by Gasteiger charge is 2.27. The van der Waals surface area contributed by atoms with Gasteiger partial charge in [-0.15, -0.1) is 0 Å². The van der Waals surface area contributed by atoms with Gasteiger partial charge in [-0.05, 0) is 44.0 Å². The summed E-state index contributed by atoms with van der Waals surface area (Å²) in [6.07, 6.45) is -0.539. The van der Waals surface area contributed by atoms with Crippen LogP contribution in [-0.2, 0) is 14.8 Å². The molecule has 0 saturated carbocycles. The molecular formula is C13H19NO5S. The Morgan fingerprint density at radius 3 is 2.20 bits per heavy atom. The normalized spacial score (nSPS) is 14.8. The minimum atomic E-state index is -3.78. The highest BCUT2D eigenvalue weighted by atomic mass is 32.2. The summed E-state index contributed by atoms with van der Waals surface area (Å²) in [6.45, 7) is 4.47. The molecule has 0 aliphatic carbocycles. The third kappa shape index (κ3) is 4.92. The van der Waals surface area contributed by atoms with Crippen molar-refractivity contribution in [2.45, 2.75) is 37.7 Å². The third-order valence-electron chi connectivity index (χ3n) is 2.68. The molecule has 0 aliphatic heterocycles. The lowest BCUT2D eigenvalue weighted by Crippen LogP contribution is -2.42. The van der Waals surface area contributed by atoms with E-state index in [2.05, 4.69) is 4.72 Å². The van der Waals surface area contributed by atoms with Gasteiger partial charge in [0.05, 0.1) is 16.9 Å². The molecule has 1 atom stereocenters. The Morgan fingerprint density at radius 1 is 1.25 bits per heavy atom. The molecule has 112 valence electrons. The van der Waals surface area contributed by atoms with E-state index in [4.69, 9.17) is 5.11 Å². The van der Waals surface area contributed by atoms with Gasteiger partial charge < -0.3 is 10.2 Å². The molecule has 0 amide bonds. The van der Waals surface area contributed by atoms with Crippen LogP contribution in [0.3, 0.4) is 0 Å². The summed E-state index contributed by atoms with van der Waals surface area (Å²) >= 11 is 0. The average molecular weight is 301 g/mol. The van der Waals surface area contributed by atoms with E-state index in [1.165, 1.54) is 19.1 Å². The average Bonchev–Trinajstić information content (AvgIpc) is 2.23. The first-order valence-corrected chi connectivity index (χ1v) is 7.52. The van der Waals surface area contributed by atoms with Crippen LogP contribution in [0.4, 0.5) is 0 Å². The molecule has 0 saturated heterocycles. The molecule has 0 radical (unpaired) electrons. The van der Waals surface area contributed by atoms with Gasteiger partial charge in [-0.3, -0.25) is 4.79 Å². The molecule has 6 nitrogen and oxygen atoms in total. The van der Waals surface area contributed by atoms with Crippen molar-refractivity contribution in [1.29, 1.82) is 0 Å². The molecule has 1 unspecified atom stereocenters. The van der Waals surface area contributed by atoms with Crippen LogP contribution >= 0.6 is 0 Å². The van der Waals surface area contributed by atoms with Crippen LogP contribution in [0.1, 0.15) is 24.5 Å². The molecule has 0 spiro atoms. The van der Waals surface area contributed by atoms with E-state index in [-0.39, 0.29) is 11.4 Å². The van der Waals surface area contributed by atoms with Gasteiger partial charge in [0.15, 0.2) is 0 Å². The second-order valence-corrected chi connectivity index (χ2v) is 6.98. The van der Waals surface area contributed by atoms with E-state index >= 15 is 0 Å². The molecule has 3 N–H and O–H groups in total. The van der Waals surface area contributed by atoms with Crippen molar-refractivity contribution in [3.05, 3.63) is 29.3 Å². The summed E-state index contributed by atoms with van der Waals surface area (Å²) in [6, 6.07) is 4.88. The first kappa shape index (κ1) is 16.6. The first-order valence-electron chi connectivity index (χ1n) is 6.04. The predicted octanol–water partition coefficient (Wildman–Crippen LogP) is 0.807. The lowest BCUT2D eigenvalue weighted by atomic mass is 10.0. The van der Waals surface area contributed by atoms with Crippen LogP contribution in [-0.4, -0.2) is 36.7 Å². The Hall–Kier alpha value is -1.44. The van der Waals surface area contributed by atoms with E-state index in [9.17, 15) is 18.3 Å². The van der Waals surface area contributed by atoms with Crippen molar-refractivity contribution in [3.8, 4) is 0 Å². The zero-order valence-corrected chi connectivity index (χ0v) is 12.5. The van der Waals surface area contributed by atoms with E-state index in [0.29, 0.717) is 0 Å². The predicted molar refractivity (Wildman–Crippen MR) is 74.0 cm³/mol. The molecule has 0 heterocycles. The number of aryl methyl sites for hydroxylation is 2. The van der Waals surface area contributed by atoms with Crippen molar-refractivity contribution in [2.24, 2.45) is 0 Å². The fraction of sp³-hybridized carbons (Fsp3) is 0.462. The van der Waals surface area contributed by atoms with Crippen LogP contribution in [0.25, 0.3) is 0 Å². The number of hydrogen-bond acceptors (Lipinski definition) is 4.